The molecular weight excluding hydrogens is 259 g/mol. The summed E-state index contributed by atoms with van der Waals surface area (Å²) in [6.45, 7) is 1.93. The van der Waals surface area contributed by atoms with Crippen LogP contribution in [-0.4, -0.2) is 19.7 Å². The fourth-order valence-electron chi connectivity index (χ4n) is 2.54. The van der Waals surface area contributed by atoms with Crippen LogP contribution in [0.15, 0.2) is 0 Å². The molecule has 0 aromatic carbocycles. The summed E-state index contributed by atoms with van der Waals surface area (Å²) >= 11 is 12.0. The van der Waals surface area contributed by atoms with Crippen molar-refractivity contribution in [3.8, 4) is 0 Å². The minimum absolute atomic E-state index is 0.182. The maximum atomic E-state index is 6.10. The molecule has 2 aromatic heterocycles. The minimum Gasteiger partial charge on any atom is -0.244 e. The van der Waals surface area contributed by atoms with Gasteiger partial charge in [0.15, 0.2) is 5.65 Å². The molecule has 0 atom stereocenters. The number of hydrogen-bond donors (Lipinski definition) is 0. The van der Waals surface area contributed by atoms with Crippen molar-refractivity contribution in [3.05, 3.63) is 16.1 Å². The monoisotopic (exact) mass is 270 g/mol. The predicted molar refractivity (Wildman–Crippen MR) is 67.6 cm³/mol. The second-order valence-electron chi connectivity index (χ2n) is 4.45. The fraction of sp³-hybridized carbons (Fsp3) is 0.545. The first kappa shape index (κ1) is 11.2. The predicted octanol–water partition coefficient (Wildman–Crippen LogP) is 3.56. The van der Waals surface area contributed by atoms with Crippen LogP contribution in [0, 0.1) is 6.92 Å². The third-order valence-electron chi connectivity index (χ3n) is 3.33. The lowest BCUT2D eigenvalue weighted by Gasteiger charge is -2.10. The average Bonchev–Trinajstić information content (AvgIpc) is 2.85. The molecule has 2 heterocycles. The number of halogens is 2. The highest BCUT2D eigenvalue weighted by atomic mass is 35.5. The number of fused-ring (bicyclic) bond motifs is 1. The molecule has 2 aromatic rings. The van der Waals surface area contributed by atoms with Crippen molar-refractivity contribution in [2.75, 3.05) is 0 Å². The van der Waals surface area contributed by atoms with Gasteiger partial charge in [-0.05, 0) is 31.4 Å². The summed E-state index contributed by atoms with van der Waals surface area (Å²) in [4.78, 5) is 8.24. The Labute approximate surface area is 109 Å². The van der Waals surface area contributed by atoms with Crippen molar-refractivity contribution >= 4 is 34.2 Å². The zero-order chi connectivity index (χ0) is 12.0. The van der Waals surface area contributed by atoms with E-state index >= 15 is 0 Å². The highest BCUT2D eigenvalue weighted by molar-refractivity contribution is 6.35. The number of hydrogen-bond acceptors (Lipinski definition) is 3. The molecule has 0 saturated heterocycles. The summed E-state index contributed by atoms with van der Waals surface area (Å²) in [5, 5.41) is 5.94. The Morgan fingerprint density at radius 3 is 2.59 bits per heavy atom. The van der Waals surface area contributed by atoms with Gasteiger partial charge >= 0.3 is 0 Å². The maximum Gasteiger partial charge on any atom is 0.225 e. The van der Waals surface area contributed by atoms with Gasteiger partial charge in [0.25, 0.3) is 0 Å². The average molecular weight is 271 g/mol. The van der Waals surface area contributed by atoms with Gasteiger partial charge in [-0.15, -0.1) is 0 Å². The summed E-state index contributed by atoms with van der Waals surface area (Å²) in [6, 6.07) is 0.424. The van der Waals surface area contributed by atoms with Crippen LogP contribution in [0.25, 0.3) is 11.0 Å². The Morgan fingerprint density at radius 1 is 1.18 bits per heavy atom. The van der Waals surface area contributed by atoms with E-state index in [1.807, 2.05) is 11.6 Å². The molecule has 0 radical (unpaired) electrons. The van der Waals surface area contributed by atoms with Gasteiger partial charge in [-0.2, -0.15) is 10.1 Å². The Balaban J connectivity index is 2.25. The zero-order valence-corrected chi connectivity index (χ0v) is 11.0. The molecule has 17 heavy (non-hydrogen) atoms. The minimum atomic E-state index is 0.182. The van der Waals surface area contributed by atoms with Crippen LogP contribution in [0.2, 0.25) is 10.4 Å². The summed E-state index contributed by atoms with van der Waals surface area (Å²) in [7, 11) is 0. The highest BCUT2D eigenvalue weighted by Crippen LogP contribution is 2.33. The van der Waals surface area contributed by atoms with Crippen molar-refractivity contribution in [1.82, 2.24) is 19.7 Å². The molecule has 1 aliphatic rings. The highest BCUT2D eigenvalue weighted by Gasteiger charge is 2.23. The standard InChI is InChI=1S/C11H12Cl2N4/c1-6-8-9(12)14-11(13)15-10(8)17(16-6)7-4-2-3-5-7/h7H,2-5H2,1H3. The lowest BCUT2D eigenvalue weighted by molar-refractivity contribution is 0.476. The van der Waals surface area contributed by atoms with Crippen LogP contribution in [0.4, 0.5) is 0 Å². The van der Waals surface area contributed by atoms with Gasteiger partial charge in [0.2, 0.25) is 5.28 Å². The second-order valence-corrected chi connectivity index (χ2v) is 5.15. The van der Waals surface area contributed by atoms with Crippen LogP contribution < -0.4 is 0 Å². The first-order chi connectivity index (χ1) is 8.16. The quantitative estimate of drug-likeness (QED) is 0.588. The largest absolute Gasteiger partial charge is 0.244 e. The topological polar surface area (TPSA) is 43.6 Å². The van der Waals surface area contributed by atoms with Gasteiger partial charge in [-0.25, -0.2) is 9.67 Å². The van der Waals surface area contributed by atoms with E-state index in [1.54, 1.807) is 0 Å². The summed E-state index contributed by atoms with van der Waals surface area (Å²) in [5.41, 5.74) is 1.63. The van der Waals surface area contributed by atoms with E-state index in [2.05, 4.69) is 15.1 Å². The molecule has 6 heteroatoms. The van der Waals surface area contributed by atoms with E-state index in [0.29, 0.717) is 11.2 Å². The second kappa shape index (κ2) is 4.10. The fourth-order valence-corrected chi connectivity index (χ4v) is 3.05. The molecule has 4 nitrogen and oxygen atoms in total. The molecule has 0 unspecified atom stereocenters. The Bertz CT molecular complexity index is 572. The Kier molecular flexibility index (Phi) is 2.71. The molecule has 90 valence electrons. The molecule has 0 aliphatic heterocycles. The lowest BCUT2D eigenvalue weighted by atomic mass is 10.2. The van der Waals surface area contributed by atoms with E-state index in [0.717, 1.165) is 29.6 Å². The van der Waals surface area contributed by atoms with Crippen molar-refractivity contribution in [2.24, 2.45) is 0 Å². The van der Waals surface area contributed by atoms with Crippen LogP contribution in [0.5, 0.6) is 0 Å². The van der Waals surface area contributed by atoms with Crippen LogP contribution >= 0.6 is 23.2 Å². The van der Waals surface area contributed by atoms with Crippen molar-refractivity contribution in [2.45, 2.75) is 38.6 Å². The molecule has 0 N–H and O–H groups in total. The van der Waals surface area contributed by atoms with Crippen molar-refractivity contribution in [3.63, 3.8) is 0 Å². The molecule has 0 spiro atoms. The van der Waals surface area contributed by atoms with Crippen LogP contribution in [0.1, 0.15) is 37.4 Å². The molecule has 0 bridgehead atoms. The number of aryl methyl sites for hydroxylation is 1. The first-order valence-electron chi connectivity index (χ1n) is 5.74. The van der Waals surface area contributed by atoms with Gasteiger partial charge in [0, 0.05) is 0 Å². The van der Waals surface area contributed by atoms with Crippen molar-refractivity contribution < 1.29 is 0 Å². The summed E-state index contributed by atoms with van der Waals surface area (Å²) in [6.07, 6.45) is 4.79. The van der Waals surface area contributed by atoms with Crippen molar-refractivity contribution in [1.29, 1.82) is 0 Å². The summed E-state index contributed by atoms with van der Waals surface area (Å²) in [5.74, 6) is 0. The lowest BCUT2D eigenvalue weighted by Crippen LogP contribution is -2.07. The third kappa shape index (κ3) is 1.79. The van der Waals surface area contributed by atoms with Crippen LogP contribution in [0.3, 0.4) is 0 Å². The number of rotatable bonds is 1. The van der Waals surface area contributed by atoms with Crippen LogP contribution in [-0.2, 0) is 0 Å². The Hall–Kier alpha value is -0.870. The smallest absolute Gasteiger partial charge is 0.225 e. The molecule has 1 aliphatic carbocycles. The molecule has 3 rings (SSSR count). The molecule has 1 saturated carbocycles. The van der Waals surface area contributed by atoms with E-state index < -0.39 is 0 Å². The van der Waals surface area contributed by atoms with Gasteiger partial charge in [-0.3, -0.25) is 0 Å². The third-order valence-corrected chi connectivity index (χ3v) is 3.77. The van der Waals surface area contributed by atoms with Gasteiger partial charge in [-0.1, -0.05) is 24.4 Å². The maximum absolute atomic E-state index is 6.10. The molecular formula is C11H12Cl2N4. The van der Waals surface area contributed by atoms with Gasteiger partial charge < -0.3 is 0 Å². The normalized spacial score (nSPS) is 17.1. The zero-order valence-electron chi connectivity index (χ0n) is 9.45. The summed E-state index contributed by atoms with van der Waals surface area (Å²) < 4.78 is 1.97. The molecule has 1 fully saturated rings. The van der Waals surface area contributed by atoms with E-state index in [-0.39, 0.29) is 5.28 Å². The number of aromatic nitrogens is 4. The first-order valence-corrected chi connectivity index (χ1v) is 6.50. The van der Waals surface area contributed by atoms with E-state index in [1.165, 1.54) is 12.8 Å². The Morgan fingerprint density at radius 2 is 1.88 bits per heavy atom. The number of nitrogens with zero attached hydrogens (tertiary/aromatic N) is 4. The van der Waals surface area contributed by atoms with E-state index in [9.17, 15) is 0 Å². The van der Waals surface area contributed by atoms with Gasteiger partial charge in [0.05, 0.1) is 17.1 Å². The molecule has 0 amide bonds. The SMILES string of the molecule is Cc1nn(C2CCCC2)c2nc(Cl)nc(Cl)c12. The van der Waals surface area contributed by atoms with Gasteiger partial charge in [0.1, 0.15) is 5.15 Å². The van der Waals surface area contributed by atoms with E-state index in [4.69, 9.17) is 23.2 Å².